The maximum absolute atomic E-state index is 12.3. The predicted molar refractivity (Wildman–Crippen MR) is 94.4 cm³/mol. The highest BCUT2D eigenvalue weighted by Crippen LogP contribution is 2.25. The molecular weight excluding hydrogens is 332 g/mol. The lowest BCUT2D eigenvalue weighted by molar-refractivity contribution is -0.167. The molecule has 0 saturated heterocycles. The second kappa shape index (κ2) is 6.15. The first-order chi connectivity index (χ1) is 12.6. The maximum atomic E-state index is 12.3. The Balaban J connectivity index is 1.54. The lowest BCUT2D eigenvalue weighted by Gasteiger charge is -2.12. The summed E-state index contributed by atoms with van der Waals surface area (Å²) < 4.78 is 0. The fourth-order valence-corrected chi connectivity index (χ4v) is 3.26. The van der Waals surface area contributed by atoms with Crippen LogP contribution in [0.2, 0.25) is 0 Å². The van der Waals surface area contributed by atoms with E-state index >= 15 is 0 Å². The number of H-pyrrole nitrogens is 1. The number of aryl methyl sites for hydroxylation is 1. The van der Waals surface area contributed by atoms with Crippen LogP contribution in [0, 0.1) is 0 Å². The number of carbonyl (C=O) groups excluding carboxylic acids is 3. The second-order valence-corrected chi connectivity index (χ2v) is 6.10. The van der Waals surface area contributed by atoms with Crippen molar-refractivity contribution >= 4 is 28.7 Å². The molecular formula is C20H16N2O4. The number of para-hydroxylation sites is 1. The molecule has 3 aromatic rings. The molecule has 0 aliphatic carbocycles. The number of carbonyl (C=O) groups is 3. The van der Waals surface area contributed by atoms with Gasteiger partial charge in [0.1, 0.15) is 0 Å². The van der Waals surface area contributed by atoms with Gasteiger partial charge in [-0.05, 0) is 29.7 Å². The molecule has 1 N–H and O–H groups in total. The molecule has 0 radical (unpaired) electrons. The third-order valence-corrected chi connectivity index (χ3v) is 4.55. The van der Waals surface area contributed by atoms with Gasteiger partial charge in [0.05, 0.1) is 17.5 Å². The first-order valence-electron chi connectivity index (χ1n) is 8.36. The highest BCUT2D eigenvalue weighted by Gasteiger charge is 2.38. The minimum Gasteiger partial charge on any atom is -0.361 e. The van der Waals surface area contributed by atoms with E-state index in [4.69, 9.17) is 4.84 Å². The van der Waals surface area contributed by atoms with E-state index < -0.39 is 17.8 Å². The van der Waals surface area contributed by atoms with Gasteiger partial charge in [0.25, 0.3) is 11.8 Å². The minimum atomic E-state index is -0.665. The topological polar surface area (TPSA) is 79.5 Å². The van der Waals surface area contributed by atoms with Crippen molar-refractivity contribution < 1.29 is 19.2 Å². The van der Waals surface area contributed by atoms with Crippen LogP contribution in [-0.2, 0) is 22.5 Å². The molecule has 1 aliphatic rings. The summed E-state index contributed by atoms with van der Waals surface area (Å²) in [5.41, 5.74) is 3.38. The molecule has 2 heterocycles. The standard InChI is InChI=1S/C20H16N2O4/c1-2-12-6-5-9-14-13(11-21-18(12)14)10-17(23)26-22-19(24)15-7-3-4-8-16(15)20(22)25/h3-9,11,21H,2,10H2,1H3. The zero-order valence-corrected chi connectivity index (χ0v) is 14.1. The van der Waals surface area contributed by atoms with Crippen molar-refractivity contribution in [2.45, 2.75) is 19.8 Å². The predicted octanol–water partition coefficient (Wildman–Crippen LogP) is 3.03. The Kier molecular flexibility index (Phi) is 3.80. The molecule has 6 heteroatoms. The SMILES string of the molecule is CCc1cccc2c(CC(=O)ON3C(=O)c4ccccc4C3=O)c[nH]c12. The Morgan fingerprint density at radius 1 is 1.00 bits per heavy atom. The van der Waals surface area contributed by atoms with Crippen molar-refractivity contribution in [3.8, 4) is 0 Å². The number of imide groups is 1. The Morgan fingerprint density at radius 2 is 1.69 bits per heavy atom. The van der Waals surface area contributed by atoms with E-state index in [0.717, 1.165) is 28.5 Å². The number of nitrogens with one attached hydrogen (secondary N) is 1. The molecule has 6 nitrogen and oxygen atoms in total. The van der Waals surface area contributed by atoms with Crippen molar-refractivity contribution in [3.05, 3.63) is 70.9 Å². The van der Waals surface area contributed by atoms with Crippen LogP contribution in [-0.4, -0.2) is 27.8 Å². The van der Waals surface area contributed by atoms with E-state index in [0.29, 0.717) is 5.06 Å². The average molecular weight is 348 g/mol. The molecule has 0 bridgehead atoms. The van der Waals surface area contributed by atoms with Gasteiger partial charge < -0.3 is 9.82 Å². The van der Waals surface area contributed by atoms with Gasteiger partial charge in [0, 0.05) is 17.1 Å². The van der Waals surface area contributed by atoms with Crippen LogP contribution < -0.4 is 0 Å². The van der Waals surface area contributed by atoms with Crippen LogP contribution in [0.25, 0.3) is 10.9 Å². The molecule has 0 spiro atoms. The number of hydrogen-bond acceptors (Lipinski definition) is 4. The van der Waals surface area contributed by atoms with Gasteiger partial charge in [0.15, 0.2) is 0 Å². The number of aromatic nitrogens is 1. The van der Waals surface area contributed by atoms with Crippen molar-refractivity contribution in [2.24, 2.45) is 0 Å². The minimum absolute atomic E-state index is 0.0411. The van der Waals surface area contributed by atoms with E-state index in [-0.39, 0.29) is 17.5 Å². The molecule has 2 amide bonds. The van der Waals surface area contributed by atoms with Gasteiger partial charge in [-0.1, -0.05) is 42.3 Å². The normalized spacial score (nSPS) is 13.3. The number of fused-ring (bicyclic) bond motifs is 2. The third-order valence-electron chi connectivity index (χ3n) is 4.55. The molecule has 1 aromatic heterocycles. The fourth-order valence-electron chi connectivity index (χ4n) is 3.26. The molecule has 130 valence electrons. The quantitative estimate of drug-likeness (QED) is 0.735. The van der Waals surface area contributed by atoms with Gasteiger partial charge in [-0.3, -0.25) is 9.59 Å². The van der Waals surface area contributed by atoms with Gasteiger partial charge >= 0.3 is 5.97 Å². The Hall–Kier alpha value is -3.41. The summed E-state index contributed by atoms with van der Waals surface area (Å²) in [4.78, 5) is 45.1. The van der Waals surface area contributed by atoms with Crippen molar-refractivity contribution in [1.82, 2.24) is 10.0 Å². The highest BCUT2D eigenvalue weighted by molar-refractivity contribution is 6.20. The lowest BCUT2D eigenvalue weighted by atomic mass is 10.1. The van der Waals surface area contributed by atoms with E-state index in [9.17, 15) is 14.4 Å². The second-order valence-electron chi connectivity index (χ2n) is 6.10. The van der Waals surface area contributed by atoms with Crippen LogP contribution >= 0.6 is 0 Å². The van der Waals surface area contributed by atoms with E-state index in [1.807, 2.05) is 18.2 Å². The summed E-state index contributed by atoms with van der Waals surface area (Å²) in [7, 11) is 0. The number of amides is 2. The van der Waals surface area contributed by atoms with Crippen LogP contribution in [0.3, 0.4) is 0 Å². The number of rotatable bonds is 4. The lowest BCUT2D eigenvalue weighted by Crippen LogP contribution is -2.33. The molecule has 2 aromatic carbocycles. The zero-order valence-electron chi connectivity index (χ0n) is 14.1. The molecule has 26 heavy (non-hydrogen) atoms. The molecule has 0 fully saturated rings. The molecule has 4 rings (SSSR count). The van der Waals surface area contributed by atoms with Crippen LogP contribution in [0.1, 0.15) is 38.8 Å². The first kappa shape index (κ1) is 16.1. The molecule has 0 unspecified atom stereocenters. The average Bonchev–Trinajstić information content (AvgIpc) is 3.17. The van der Waals surface area contributed by atoms with E-state index in [1.165, 1.54) is 12.1 Å². The summed E-state index contributed by atoms with van der Waals surface area (Å²) in [5, 5.41) is 1.47. The first-order valence-corrected chi connectivity index (χ1v) is 8.36. The fraction of sp³-hybridized carbons (Fsp3) is 0.150. The largest absolute Gasteiger partial charge is 0.361 e. The summed E-state index contributed by atoms with van der Waals surface area (Å²) in [6.07, 6.45) is 2.59. The third kappa shape index (κ3) is 2.47. The number of hydrogen-bond donors (Lipinski definition) is 1. The van der Waals surface area contributed by atoms with Crippen LogP contribution in [0.15, 0.2) is 48.7 Å². The summed E-state index contributed by atoms with van der Waals surface area (Å²) in [5.74, 6) is -1.90. The zero-order chi connectivity index (χ0) is 18.3. The maximum Gasteiger partial charge on any atom is 0.337 e. The molecule has 0 saturated carbocycles. The smallest absolute Gasteiger partial charge is 0.337 e. The number of hydroxylamine groups is 2. The van der Waals surface area contributed by atoms with Crippen LogP contribution in [0.4, 0.5) is 0 Å². The van der Waals surface area contributed by atoms with Crippen LogP contribution in [0.5, 0.6) is 0 Å². The molecule has 0 atom stereocenters. The van der Waals surface area contributed by atoms with Gasteiger partial charge in [-0.25, -0.2) is 4.79 Å². The Bertz CT molecular complexity index is 1020. The summed E-state index contributed by atoms with van der Waals surface area (Å²) in [6.45, 7) is 2.06. The van der Waals surface area contributed by atoms with Gasteiger partial charge in [-0.2, -0.15) is 0 Å². The van der Waals surface area contributed by atoms with Gasteiger partial charge in [-0.15, -0.1) is 0 Å². The van der Waals surface area contributed by atoms with E-state index in [2.05, 4.69) is 11.9 Å². The number of nitrogens with zero attached hydrogens (tertiary/aromatic N) is 1. The summed E-state index contributed by atoms with van der Waals surface area (Å²) in [6, 6.07) is 12.3. The monoisotopic (exact) mass is 348 g/mol. The number of benzene rings is 2. The van der Waals surface area contributed by atoms with Crippen molar-refractivity contribution in [1.29, 1.82) is 0 Å². The summed E-state index contributed by atoms with van der Waals surface area (Å²) >= 11 is 0. The van der Waals surface area contributed by atoms with Crippen molar-refractivity contribution in [2.75, 3.05) is 0 Å². The molecule has 1 aliphatic heterocycles. The highest BCUT2D eigenvalue weighted by atomic mass is 16.7. The Labute approximate surface area is 149 Å². The van der Waals surface area contributed by atoms with E-state index in [1.54, 1.807) is 18.3 Å². The van der Waals surface area contributed by atoms with Gasteiger partial charge in [0.2, 0.25) is 0 Å². The Morgan fingerprint density at radius 3 is 2.35 bits per heavy atom. The van der Waals surface area contributed by atoms with Crippen molar-refractivity contribution in [3.63, 3.8) is 0 Å². The number of aromatic amines is 1.